The summed E-state index contributed by atoms with van der Waals surface area (Å²) in [7, 11) is 0. The molecule has 100 valence electrons. The largest absolute Gasteiger partial charge is 0.341 e. The van der Waals surface area contributed by atoms with Gasteiger partial charge in [0.2, 0.25) is 0 Å². The van der Waals surface area contributed by atoms with E-state index in [1.807, 2.05) is 6.07 Å². The Bertz CT molecular complexity index is 578. The molecule has 0 radical (unpaired) electrons. The molecular formula is C13H16N4O2. The molecule has 1 aromatic carbocycles. The van der Waals surface area contributed by atoms with E-state index in [0.717, 1.165) is 17.1 Å². The highest BCUT2D eigenvalue weighted by Crippen LogP contribution is 2.22. The molecule has 0 atom stereocenters. The van der Waals surface area contributed by atoms with Crippen molar-refractivity contribution in [1.29, 1.82) is 0 Å². The number of nitrogens with one attached hydrogen (secondary N) is 2. The van der Waals surface area contributed by atoms with Crippen LogP contribution in [0.2, 0.25) is 0 Å². The van der Waals surface area contributed by atoms with Gasteiger partial charge in [-0.3, -0.25) is 10.1 Å². The van der Waals surface area contributed by atoms with Crippen molar-refractivity contribution in [1.82, 2.24) is 15.3 Å². The molecule has 19 heavy (non-hydrogen) atoms. The van der Waals surface area contributed by atoms with Gasteiger partial charge >= 0.3 is 0 Å². The third kappa shape index (κ3) is 3.38. The summed E-state index contributed by atoms with van der Waals surface area (Å²) in [5.41, 5.74) is 1.62. The van der Waals surface area contributed by atoms with Crippen molar-refractivity contribution >= 4 is 5.69 Å². The highest BCUT2D eigenvalue weighted by Gasteiger charge is 2.09. The number of nitro benzene ring substituents is 1. The van der Waals surface area contributed by atoms with Crippen LogP contribution in [0.25, 0.3) is 11.3 Å². The SMILES string of the molecule is CC(C)NCc1ncc(-c2cccc([N+](=O)[O-])c2)[nH]1. The zero-order valence-corrected chi connectivity index (χ0v) is 10.9. The predicted octanol–water partition coefficient (Wildman–Crippen LogP) is 2.48. The lowest BCUT2D eigenvalue weighted by atomic mass is 10.1. The average Bonchev–Trinajstić information content (AvgIpc) is 2.85. The number of hydrogen-bond acceptors (Lipinski definition) is 4. The third-order valence-electron chi connectivity index (χ3n) is 2.67. The van der Waals surface area contributed by atoms with Gasteiger partial charge in [-0.1, -0.05) is 26.0 Å². The highest BCUT2D eigenvalue weighted by molar-refractivity contribution is 5.61. The van der Waals surface area contributed by atoms with Crippen LogP contribution in [0, 0.1) is 10.1 Å². The van der Waals surface area contributed by atoms with Crippen LogP contribution in [0.5, 0.6) is 0 Å². The number of non-ortho nitro benzene ring substituents is 1. The van der Waals surface area contributed by atoms with Gasteiger partial charge < -0.3 is 10.3 Å². The molecule has 0 spiro atoms. The van der Waals surface area contributed by atoms with Gasteiger partial charge in [-0.15, -0.1) is 0 Å². The number of imidazole rings is 1. The molecular weight excluding hydrogens is 244 g/mol. The second kappa shape index (κ2) is 5.62. The average molecular weight is 260 g/mol. The highest BCUT2D eigenvalue weighted by atomic mass is 16.6. The van der Waals surface area contributed by atoms with Gasteiger partial charge in [0.05, 0.1) is 23.4 Å². The number of rotatable bonds is 5. The van der Waals surface area contributed by atoms with Crippen LogP contribution < -0.4 is 5.32 Å². The van der Waals surface area contributed by atoms with E-state index in [9.17, 15) is 10.1 Å². The molecule has 0 saturated heterocycles. The van der Waals surface area contributed by atoms with E-state index in [4.69, 9.17) is 0 Å². The Morgan fingerprint density at radius 3 is 2.95 bits per heavy atom. The Morgan fingerprint density at radius 2 is 2.26 bits per heavy atom. The van der Waals surface area contributed by atoms with E-state index < -0.39 is 4.92 Å². The summed E-state index contributed by atoms with van der Waals surface area (Å²) in [6, 6.07) is 6.88. The zero-order valence-electron chi connectivity index (χ0n) is 10.9. The molecule has 2 rings (SSSR count). The van der Waals surface area contributed by atoms with Crippen molar-refractivity contribution < 1.29 is 4.92 Å². The quantitative estimate of drug-likeness (QED) is 0.639. The minimum Gasteiger partial charge on any atom is -0.341 e. The van der Waals surface area contributed by atoms with Gasteiger partial charge in [0, 0.05) is 23.7 Å². The molecule has 0 bridgehead atoms. The first kappa shape index (κ1) is 13.2. The molecule has 6 heteroatoms. The van der Waals surface area contributed by atoms with Crippen LogP contribution in [0.1, 0.15) is 19.7 Å². The summed E-state index contributed by atoms with van der Waals surface area (Å²) in [6.45, 7) is 4.77. The van der Waals surface area contributed by atoms with Gasteiger partial charge in [0.1, 0.15) is 5.82 Å². The van der Waals surface area contributed by atoms with Gasteiger partial charge in [-0.25, -0.2) is 4.98 Å². The summed E-state index contributed by atoms with van der Waals surface area (Å²) >= 11 is 0. The minimum atomic E-state index is -0.402. The normalized spacial score (nSPS) is 10.9. The summed E-state index contributed by atoms with van der Waals surface area (Å²) in [4.78, 5) is 17.7. The van der Waals surface area contributed by atoms with Crippen molar-refractivity contribution in [3.8, 4) is 11.3 Å². The van der Waals surface area contributed by atoms with E-state index in [1.54, 1.807) is 12.3 Å². The first-order valence-corrected chi connectivity index (χ1v) is 6.08. The Morgan fingerprint density at radius 1 is 1.47 bits per heavy atom. The fraction of sp³-hybridized carbons (Fsp3) is 0.308. The maximum atomic E-state index is 10.7. The molecule has 0 amide bonds. The predicted molar refractivity (Wildman–Crippen MR) is 72.7 cm³/mol. The molecule has 0 aliphatic rings. The zero-order chi connectivity index (χ0) is 13.8. The van der Waals surface area contributed by atoms with Crippen LogP contribution in [-0.2, 0) is 6.54 Å². The second-order valence-corrected chi connectivity index (χ2v) is 4.59. The number of aromatic amines is 1. The van der Waals surface area contributed by atoms with Crippen LogP contribution in [0.4, 0.5) is 5.69 Å². The van der Waals surface area contributed by atoms with E-state index in [2.05, 4.69) is 29.1 Å². The number of hydrogen-bond donors (Lipinski definition) is 2. The van der Waals surface area contributed by atoms with Crippen LogP contribution in [0.15, 0.2) is 30.5 Å². The smallest absolute Gasteiger partial charge is 0.270 e. The van der Waals surface area contributed by atoms with Crippen molar-refractivity contribution in [2.75, 3.05) is 0 Å². The van der Waals surface area contributed by atoms with E-state index in [0.29, 0.717) is 12.6 Å². The molecule has 0 aliphatic carbocycles. The molecule has 0 fully saturated rings. The number of nitrogens with zero attached hydrogens (tertiary/aromatic N) is 2. The molecule has 0 aliphatic heterocycles. The first-order valence-electron chi connectivity index (χ1n) is 6.08. The molecule has 1 heterocycles. The first-order chi connectivity index (χ1) is 9.06. The lowest BCUT2D eigenvalue weighted by Crippen LogP contribution is -2.22. The molecule has 0 saturated carbocycles. The standard InChI is InChI=1S/C13H16N4O2/c1-9(2)14-8-13-15-7-12(16-13)10-4-3-5-11(6-10)17(18)19/h3-7,9,14H,8H2,1-2H3,(H,15,16). The topological polar surface area (TPSA) is 83.8 Å². The molecule has 6 nitrogen and oxygen atoms in total. The summed E-state index contributed by atoms with van der Waals surface area (Å²) in [6.07, 6.45) is 1.69. The summed E-state index contributed by atoms with van der Waals surface area (Å²) in [5.74, 6) is 0.815. The Kier molecular flexibility index (Phi) is 3.91. The van der Waals surface area contributed by atoms with Crippen molar-refractivity contribution in [3.05, 3.63) is 46.4 Å². The Balaban J connectivity index is 2.18. The monoisotopic (exact) mass is 260 g/mol. The van der Waals surface area contributed by atoms with Crippen LogP contribution >= 0.6 is 0 Å². The number of aromatic nitrogens is 2. The minimum absolute atomic E-state index is 0.0777. The Labute approximate surface area is 111 Å². The molecule has 2 aromatic rings. The fourth-order valence-corrected chi connectivity index (χ4v) is 1.69. The van der Waals surface area contributed by atoms with E-state index >= 15 is 0 Å². The maximum Gasteiger partial charge on any atom is 0.270 e. The van der Waals surface area contributed by atoms with E-state index in [1.165, 1.54) is 12.1 Å². The fourth-order valence-electron chi connectivity index (χ4n) is 1.69. The van der Waals surface area contributed by atoms with E-state index in [-0.39, 0.29) is 5.69 Å². The van der Waals surface area contributed by atoms with Crippen LogP contribution in [-0.4, -0.2) is 20.9 Å². The summed E-state index contributed by atoms with van der Waals surface area (Å²) < 4.78 is 0. The second-order valence-electron chi connectivity index (χ2n) is 4.59. The van der Waals surface area contributed by atoms with Crippen molar-refractivity contribution in [2.24, 2.45) is 0 Å². The maximum absolute atomic E-state index is 10.7. The van der Waals surface area contributed by atoms with Crippen LogP contribution in [0.3, 0.4) is 0 Å². The lowest BCUT2D eigenvalue weighted by molar-refractivity contribution is -0.384. The number of nitro groups is 1. The summed E-state index contributed by atoms with van der Waals surface area (Å²) in [5, 5.41) is 14.0. The molecule has 1 aromatic heterocycles. The van der Waals surface area contributed by atoms with Crippen molar-refractivity contribution in [2.45, 2.75) is 26.4 Å². The van der Waals surface area contributed by atoms with Gasteiger partial charge in [0.15, 0.2) is 0 Å². The molecule has 2 N–H and O–H groups in total. The van der Waals surface area contributed by atoms with Gasteiger partial charge in [0.25, 0.3) is 5.69 Å². The number of benzene rings is 1. The Hall–Kier alpha value is -2.21. The third-order valence-corrected chi connectivity index (χ3v) is 2.67. The molecule has 0 unspecified atom stereocenters. The van der Waals surface area contributed by atoms with Gasteiger partial charge in [-0.05, 0) is 0 Å². The van der Waals surface area contributed by atoms with Crippen molar-refractivity contribution in [3.63, 3.8) is 0 Å². The lowest BCUT2D eigenvalue weighted by Gasteiger charge is -2.04. The van der Waals surface area contributed by atoms with Gasteiger partial charge in [-0.2, -0.15) is 0 Å². The number of H-pyrrole nitrogens is 1.